The largest absolute Gasteiger partial charge is 0.497 e. The van der Waals surface area contributed by atoms with Gasteiger partial charge in [0.2, 0.25) is 0 Å². The number of carbonyl (C=O) groups excluding carboxylic acids is 1. The van der Waals surface area contributed by atoms with Crippen LogP contribution in [0.2, 0.25) is 5.15 Å². The Bertz CT molecular complexity index is 861. The third kappa shape index (κ3) is 3.63. The minimum Gasteiger partial charge on any atom is -0.497 e. The molecule has 0 aliphatic rings. The summed E-state index contributed by atoms with van der Waals surface area (Å²) in [6.07, 6.45) is 2.27. The molecule has 0 aliphatic carbocycles. The Morgan fingerprint density at radius 1 is 1.25 bits per heavy atom. The summed E-state index contributed by atoms with van der Waals surface area (Å²) in [5.41, 5.74) is 2.02. The van der Waals surface area contributed by atoms with Crippen molar-refractivity contribution in [3.8, 4) is 17.0 Å². The van der Waals surface area contributed by atoms with E-state index in [1.54, 1.807) is 25.4 Å². The second-order valence-electron chi connectivity index (χ2n) is 5.18. The fraction of sp³-hybridized carbons (Fsp3) is 0.167. The van der Waals surface area contributed by atoms with Gasteiger partial charge < -0.3 is 9.26 Å². The molecule has 0 N–H and O–H groups in total. The lowest BCUT2D eigenvalue weighted by Gasteiger charge is -2.01. The maximum absolute atomic E-state index is 12.2. The number of nitrogens with zero attached hydrogens (tertiary/aromatic N) is 2. The van der Waals surface area contributed by atoms with Crippen molar-refractivity contribution in [2.24, 2.45) is 0 Å². The lowest BCUT2D eigenvalue weighted by molar-refractivity contribution is 0.0980. The van der Waals surface area contributed by atoms with Gasteiger partial charge in [-0.15, -0.1) is 0 Å². The molecule has 2 aromatic heterocycles. The molecule has 24 heavy (non-hydrogen) atoms. The van der Waals surface area contributed by atoms with Gasteiger partial charge in [0.25, 0.3) is 0 Å². The van der Waals surface area contributed by atoms with Crippen molar-refractivity contribution in [3.05, 3.63) is 65.1 Å². The third-order valence-corrected chi connectivity index (χ3v) is 3.88. The Morgan fingerprint density at radius 2 is 2.12 bits per heavy atom. The van der Waals surface area contributed by atoms with E-state index in [-0.39, 0.29) is 17.4 Å². The van der Waals surface area contributed by atoms with Crippen LogP contribution in [0.15, 0.2) is 53.2 Å². The van der Waals surface area contributed by atoms with Gasteiger partial charge in [-0.1, -0.05) is 28.9 Å². The molecule has 6 heteroatoms. The molecular weight excluding hydrogens is 328 g/mol. The number of carbonyl (C=O) groups is 1. The average molecular weight is 343 g/mol. The van der Waals surface area contributed by atoms with Gasteiger partial charge >= 0.3 is 0 Å². The number of pyridine rings is 1. The number of methoxy groups -OCH3 is 1. The molecule has 3 rings (SSSR count). The molecule has 0 bridgehead atoms. The van der Waals surface area contributed by atoms with Crippen LogP contribution in [0.1, 0.15) is 22.5 Å². The number of aryl methyl sites for hydroxylation is 1. The number of ketones is 1. The predicted octanol–water partition coefficient (Wildman–Crippen LogP) is 4.21. The van der Waals surface area contributed by atoms with Crippen LogP contribution in [0.4, 0.5) is 0 Å². The van der Waals surface area contributed by atoms with E-state index in [2.05, 4.69) is 10.1 Å². The van der Waals surface area contributed by atoms with E-state index in [4.69, 9.17) is 20.9 Å². The maximum Gasteiger partial charge on any atom is 0.166 e. The summed E-state index contributed by atoms with van der Waals surface area (Å²) >= 11 is 5.93. The zero-order valence-corrected chi connectivity index (χ0v) is 13.8. The van der Waals surface area contributed by atoms with Crippen LogP contribution in [0.25, 0.3) is 11.3 Å². The molecule has 3 aromatic rings. The molecule has 0 unspecified atom stereocenters. The molecule has 0 aliphatic heterocycles. The fourth-order valence-corrected chi connectivity index (χ4v) is 2.54. The maximum atomic E-state index is 12.2. The van der Waals surface area contributed by atoms with Crippen LogP contribution >= 0.6 is 11.6 Å². The van der Waals surface area contributed by atoms with E-state index in [9.17, 15) is 4.79 Å². The SMILES string of the molecule is COc1cccc(-c2cc(CCC(=O)c3cccnc3Cl)on2)c1. The molecule has 1 aromatic carbocycles. The minimum atomic E-state index is -0.0765. The number of halogens is 1. The molecule has 0 fully saturated rings. The molecule has 0 spiro atoms. The Balaban J connectivity index is 1.68. The fourth-order valence-electron chi connectivity index (χ4n) is 2.31. The lowest BCUT2D eigenvalue weighted by atomic mass is 10.1. The quantitative estimate of drug-likeness (QED) is 0.496. The molecule has 0 atom stereocenters. The van der Waals surface area contributed by atoms with Crippen molar-refractivity contribution in [1.82, 2.24) is 10.1 Å². The first-order valence-electron chi connectivity index (χ1n) is 7.41. The van der Waals surface area contributed by atoms with E-state index < -0.39 is 0 Å². The number of hydrogen-bond donors (Lipinski definition) is 0. The van der Waals surface area contributed by atoms with Crippen molar-refractivity contribution < 1.29 is 14.1 Å². The van der Waals surface area contributed by atoms with Crippen LogP contribution in [0, 0.1) is 0 Å². The molecular formula is C18H15ClN2O3. The van der Waals surface area contributed by atoms with Crippen LogP contribution in [0.3, 0.4) is 0 Å². The van der Waals surface area contributed by atoms with E-state index in [0.717, 1.165) is 11.3 Å². The monoisotopic (exact) mass is 342 g/mol. The van der Waals surface area contributed by atoms with Gasteiger partial charge in [-0.05, 0) is 24.3 Å². The Kier molecular flexibility index (Phi) is 4.91. The molecule has 0 amide bonds. The van der Waals surface area contributed by atoms with Gasteiger partial charge in [0.15, 0.2) is 5.78 Å². The third-order valence-electron chi connectivity index (χ3n) is 3.58. The summed E-state index contributed by atoms with van der Waals surface area (Å²) in [6.45, 7) is 0. The Morgan fingerprint density at radius 3 is 2.92 bits per heavy atom. The summed E-state index contributed by atoms with van der Waals surface area (Å²) in [7, 11) is 1.61. The van der Waals surface area contributed by atoms with Gasteiger partial charge in [-0.3, -0.25) is 4.79 Å². The topological polar surface area (TPSA) is 65.2 Å². The normalized spacial score (nSPS) is 10.6. The zero-order chi connectivity index (χ0) is 16.9. The van der Waals surface area contributed by atoms with Crippen molar-refractivity contribution in [3.63, 3.8) is 0 Å². The summed E-state index contributed by atoms with van der Waals surface area (Å²) in [4.78, 5) is 16.1. The first-order valence-corrected chi connectivity index (χ1v) is 7.79. The van der Waals surface area contributed by atoms with E-state index in [1.165, 1.54) is 0 Å². The first kappa shape index (κ1) is 16.2. The molecule has 0 saturated carbocycles. The number of ether oxygens (including phenoxy) is 1. The average Bonchev–Trinajstić information content (AvgIpc) is 3.09. The summed E-state index contributed by atoms with van der Waals surface area (Å²) in [5, 5.41) is 4.27. The van der Waals surface area contributed by atoms with Crippen molar-refractivity contribution >= 4 is 17.4 Å². The highest BCUT2D eigenvalue weighted by Crippen LogP contribution is 2.24. The van der Waals surface area contributed by atoms with Crippen molar-refractivity contribution in [2.75, 3.05) is 7.11 Å². The Hall–Kier alpha value is -2.66. The van der Waals surface area contributed by atoms with Crippen LogP contribution < -0.4 is 4.74 Å². The van der Waals surface area contributed by atoms with Gasteiger partial charge in [-0.25, -0.2) is 4.98 Å². The van der Waals surface area contributed by atoms with Gasteiger partial charge in [-0.2, -0.15) is 0 Å². The number of benzene rings is 1. The van der Waals surface area contributed by atoms with Crippen LogP contribution in [0.5, 0.6) is 5.75 Å². The summed E-state index contributed by atoms with van der Waals surface area (Å²) < 4.78 is 10.5. The second-order valence-corrected chi connectivity index (χ2v) is 5.53. The highest BCUT2D eigenvalue weighted by Gasteiger charge is 2.13. The molecule has 0 saturated heterocycles. The number of Topliss-reactive ketones (excluding diaryl/α,β-unsaturated/α-hetero) is 1. The summed E-state index contributed by atoms with van der Waals surface area (Å²) in [5.74, 6) is 1.31. The Labute approximate surface area is 144 Å². The van der Waals surface area contributed by atoms with Gasteiger partial charge in [0.1, 0.15) is 22.4 Å². The molecule has 0 radical (unpaired) electrons. The smallest absolute Gasteiger partial charge is 0.166 e. The second kappa shape index (κ2) is 7.27. The van der Waals surface area contributed by atoms with E-state index in [0.29, 0.717) is 23.4 Å². The number of rotatable bonds is 6. The van der Waals surface area contributed by atoms with E-state index >= 15 is 0 Å². The standard InChI is InChI=1S/C18H15ClN2O3/c1-23-13-5-2-4-12(10-13)16-11-14(24-21-16)7-8-17(22)15-6-3-9-20-18(15)19/h2-6,9-11H,7-8H2,1H3. The first-order chi connectivity index (χ1) is 11.7. The van der Waals surface area contributed by atoms with Crippen LogP contribution in [-0.2, 0) is 6.42 Å². The van der Waals surface area contributed by atoms with E-state index in [1.807, 2.05) is 30.3 Å². The summed E-state index contributed by atoms with van der Waals surface area (Å²) in [6, 6.07) is 12.7. The molecule has 5 nitrogen and oxygen atoms in total. The van der Waals surface area contributed by atoms with Gasteiger partial charge in [0, 0.05) is 30.7 Å². The van der Waals surface area contributed by atoms with Crippen LogP contribution in [-0.4, -0.2) is 23.0 Å². The molecule has 122 valence electrons. The van der Waals surface area contributed by atoms with Crippen molar-refractivity contribution in [1.29, 1.82) is 0 Å². The highest BCUT2D eigenvalue weighted by molar-refractivity contribution is 6.32. The highest BCUT2D eigenvalue weighted by atomic mass is 35.5. The zero-order valence-electron chi connectivity index (χ0n) is 13.0. The van der Waals surface area contributed by atoms with Crippen molar-refractivity contribution in [2.45, 2.75) is 12.8 Å². The predicted molar refractivity (Wildman–Crippen MR) is 90.4 cm³/mol. The molecule has 2 heterocycles. The van der Waals surface area contributed by atoms with Gasteiger partial charge in [0.05, 0.1) is 12.7 Å². The minimum absolute atomic E-state index is 0.0765. The number of aromatic nitrogens is 2. The lowest BCUT2D eigenvalue weighted by Crippen LogP contribution is -2.02. The number of hydrogen-bond acceptors (Lipinski definition) is 5.